The Hall–Kier alpha value is -0.920. The van der Waals surface area contributed by atoms with Gasteiger partial charge in [0.1, 0.15) is 0 Å². The van der Waals surface area contributed by atoms with E-state index in [1.807, 2.05) is 6.07 Å². The van der Waals surface area contributed by atoms with Gasteiger partial charge in [-0.25, -0.2) is 4.98 Å². The number of halogens is 1. The van der Waals surface area contributed by atoms with Crippen LogP contribution in [0.15, 0.2) is 12.3 Å². The summed E-state index contributed by atoms with van der Waals surface area (Å²) in [5.41, 5.74) is 2.02. The fourth-order valence-electron chi connectivity index (χ4n) is 2.28. The third-order valence-electron chi connectivity index (χ3n) is 3.22. The molecule has 1 aromatic rings. The van der Waals surface area contributed by atoms with Gasteiger partial charge in [-0.2, -0.15) is 4.39 Å². The molecule has 0 N–H and O–H groups in total. The fourth-order valence-corrected chi connectivity index (χ4v) is 2.28. The van der Waals surface area contributed by atoms with Crippen LogP contribution in [0, 0.1) is 11.9 Å². The number of hydrogen-bond donors (Lipinski definition) is 0. The summed E-state index contributed by atoms with van der Waals surface area (Å²) in [6, 6.07) is 1.97. The van der Waals surface area contributed by atoms with E-state index in [-0.39, 0.29) is 5.95 Å². The number of pyridine rings is 1. The number of aromatic nitrogens is 1. The molecule has 0 aliphatic heterocycles. The lowest BCUT2D eigenvalue weighted by Gasteiger charge is -2.11. The molecule has 0 radical (unpaired) electrons. The van der Waals surface area contributed by atoms with Crippen molar-refractivity contribution < 1.29 is 4.39 Å². The Bertz CT molecular complexity index is 335. The normalized spacial score (nSPS) is 26.8. The predicted molar refractivity (Wildman–Crippen MR) is 54.7 cm³/mol. The van der Waals surface area contributed by atoms with E-state index in [9.17, 15) is 4.39 Å². The van der Waals surface area contributed by atoms with Crippen LogP contribution in [0.3, 0.4) is 0 Å². The Kier molecular flexibility index (Phi) is 2.53. The van der Waals surface area contributed by atoms with Gasteiger partial charge >= 0.3 is 0 Å². The Morgan fingerprint density at radius 2 is 2.14 bits per heavy atom. The average Bonchev–Trinajstić information content (AvgIpc) is 2.30. The highest BCUT2D eigenvalue weighted by Crippen LogP contribution is 2.32. The number of nitrogens with zero attached hydrogens (tertiary/aromatic N) is 1. The maximum absolute atomic E-state index is 13.5. The molecule has 76 valence electrons. The lowest BCUT2D eigenvalue weighted by Crippen LogP contribution is -2.03. The quantitative estimate of drug-likeness (QED) is 0.455. The summed E-state index contributed by atoms with van der Waals surface area (Å²) < 4.78 is 13.5. The van der Waals surface area contributed by atoms with Crippen molar-refractivity contribution in [3.8, 4) is 0 Å². The summed E-state index contributed by atoms with van der Waals surface area (Å²) in [6.45, 7) is 4.37. The molecule has 1 nitrogen and oxygen atoms in total. The molecule has 14 heavy (non-hydrogen) atoms. The van der Waals surface area contributed by atoms with Crippen LogP contribution in [0.4, 0.5) is 4.39 Å². The molecule has 2 heteroatoms. The lowest BCUT2D eigenvalue weighted by atomic mass is 9.96. The second-order valence-electron chi connectivity index (χ2n) is 4.46. The maximum atomic E-state index is 13.5. The van der Waals surface area contributed by atoms with Crippen molar-refractivity contribution in [3.05, 3.63) is 29.3 Å². The van der Waals surface area contributed by atoms with E-state index in [0.29, 0.717) is 11.8 Å². The zero-order chi connectivity index (χ0) is 10.1. The van der Waals surface area contributed by atoms with E-state index in [1.165, 1.54) is 12.0 Å². The number of fused-ring (bicyclic) bond motifs is 1. The molecule has 0 fully saturated rings. The smallest absolute Gasteiger partial charge is 0.216 e. The van der Waals surface area contributed by atoms with Gasteiger partial charge in [-0.1, -0.05) is 13.8 Å². The van der Waals surface area contributed by atoms with Crippen molar-refractivity contribution in [2.75, 3.05) is 0 Å². The number of rotatable bonds is 0. The second kappa shape index (κ2) is 3.68. The van der Waals surface area contributed by atoms with Gasteiger partial charge in [0.05, 0.1) is 0 Å². The summed E-state index contributed by atoms with van der Waals surface area (Å²) in [5.74, 6) is 0.799. The first-order chi connectivity index (χ1) is 6.68. The molecule has 1 aliphatic rings. The minimum Gasteiger partial charge on any atom is -0.228 e. The Balaban J connectivity index is 2.46. The topological polar surface area (TPSA) is 12.9 Å². The van der Waals surface area contributed by atoms with Crippen LogP contribution in [-0.4, -0.2) is 4.98 Å². The zero-order valence-electron chi connectivity index (χ0n) is 8.76. The lowest BCUT2D eigenvalue weighted by molar-refractivity contribution is 0.493. The molecule has 0 amide bonds. The molecule has 1 aliphatic carbocycles. The van der Waals surface area contributed by atoms with Crippen molar-refractivity contribution in [1.82, 2.24) is 4.98 Å². The van der Waals surface area contributed by atoms with Crippen molar-refractivity contribution in [2.24, 2.45) is 5.92 Å². The summed E-state index contributed by atoms with van der Waals surface area (Å²) in [5, 5.41) is 0. The van der Waals surface area contributed by atoms with E-state index in [2.05, 4.69) is 18.8 Å². The van der Waals surface area contributed by atoms with Crippen LogP contribution in [0.5, 0.6) is 0 Å². The zero-order valence-corrected chi connectivity index (χ0v) is 8.76. The molecule has 2 atom stereocenters. The monoisotopic (exact) mass is 193 g/mol. The van der Waals surface area contributed by atoms with Crippen LogP contribution >= 0.6 is 0 Å². The fraction of sp³-hybridized carbons (Fsp3) is 0.583. The van der Waals surface area contributed by atoms with Crippen molar-refractivity contribution in [2.45, 2.75) is 39.0 Å². The maximum Gasteiger partial charge on any atom is 0.216 e. The SMILES string of the molecule is C[C@H]1CC[C@@H](C)c2ccnc(F)c2C1. The summed E-state index contributed by atoms with van der Waals surface area (Å²) in [6.07, 6.45) is 4.78. The van der Waals surface area contributed by atoms with E-state index in [0.717, 1.165) is 18.4 Å². The Morgan fingerprint density at radius 1 is 1.36 bits per heavy atom. The van der Waals surface area contributed by atoms with Gasteiger partial charge < -0.3 is 0 Å². The van der Waals surface area contributed by atoms with E-state index in [4.69, 9.17) is 0 Å². The first-order valence-corrected chi connectivity index (χ1v) is 5.31. The second-order valence-corrected chi connectivity index (χ2v) is 4.46. The molecular weight excluding hydrogens is 177 g/mol. The minimum atomic E-state index is -0.261. The van der Waals surface area contributed by atoms with Crippen LogP contribution < -0.4 is 0 Å². The summed E-state index contributed by atoms with van der Waals surface area (Å²) in [7, 11) is 0. The standard InChI is InChI=1S/C12H16FN/c1-8-3-4-9(2)10-5-6-14-12(13)11(10)7-8/h5-6,8-9H,3-4,7H2,1-2H3/t8-,9+/m0/s1. The van der Waals surface area contributed by atoms with Gasteiger partial charge in [-0.05, 0) is 42.7 Å². The van der Waals surface area contributed by atoms with Crippen LogP contribution in [0.25, 0.3) is 0 Å². The van der Waals surface area contributed by atoms with Crippen molar-refractivity contribution in [3.63, 3.8) is 0 Å². The largest absolute Gasteiger partial charge is 0.228 e. The van der Waals surface area contributed by atoms with E-state index in [1.54, 1.807) is 6.20 Å². The molecule has 0 spiro atoms. The van der Waals surface area contributed by atoms with Crippen LogP contribution in [0.1, 0.15) is 43.7 Å². The minimum absolute atomic E-state index is 0.261. The highest BCUT2D eigenvalue weighted by atomic mass is 19.1. The molecule has 0 saturated carbocycles. The molecule has 0 aromatic carbocycles. The molecular formula is C12H16FN. The van der Waals surface area contributed by atoms with Crippen molar-refractivity contribution >= 4 is 0 Å². The highest BCUT2D eigenvalue weighted by molar-refractivity contribution is 5.29. The van der Waals surface area contributed by atoms with Gasteiger partial charge in [-0.3, -0.25) is 0 Å². The Morgan fingerprint density at radius 3 is 2.93 bits per heavy atom. The molecule has 0 saturated heterocycles. The van der Waals surface area contributed by atoms with E-state index >= 15 is 0 Å². The molecule has 2 rings (SSSR count). The first-order valence-electron chi connectivity index (χ1n) is 5.31. The Labute approximate surface area is 84.4 Å². The van der Waals surface area contributed by atoms with Crippen LogP contribution in [0.2, 0.25) is 0 Å². The first kappa shape index (κ1) is 9.63. The molecule has 0 bridgehead atoms. The van der Waals surface area contributed by atoms with Gasteiger partial charge in [0.25, 0.3) is 0 Å². The third-order valence-corrected chi connectivity index (χ3v) is 3.22. The predicted octanol–water partition coefficient (Wildman–Crippen LogP) is 3.30. The summed E-state index contributed by atoms with van der Waals surface area (Å²) >= 11 is 0. The van der Waals surface area contributed by atoms with Crippen molar-refractivity contribution in [1.29, 1.82) is 0 Å². The van der Waals surface area contributed by atoms with E-state index < -0.39 is 0 Å². The molecule has 1 aromatic heterocycles. The number of hydrogen-bond acceptors (Lipinski definition) is 1. The molecule has 0 unspecified atom stereocenters. The van der Waals surface area contributed by atoms with Gasteiger partial charge in [-0.15, -0.1) is 0 Å². The average molecular weight is 193 g/mol. The van der Waals surface area contributed by atoms with Gasteiger partial charge in [0.2, 0.25) is 5.95 Å². The third kappa shape index (κ3) is 1.66. The summed E-state index contributed by atoms with van der Waals surface area (Å²) in [4.78, 5) is 3.74. The van der Waals surface area contributed by atoms with Gasteiger partial charge in [0.15, 0.2) is 0 Å². The highest BCUT2D eigenvalue weighted by Gasteiger charge is 2.21. The molecule has 1 heterocycles. The van der Waals surface area contributed by atoms with Crippen LogP contribution in [-0.2, 0) is 6.42 Å². The van der Waals surface area contributed by atoms with Gasteiger partial charge in [0, 0.05) is 11.8 Å².